The smallest absolute Gasteiger partial charge is 0.407 e. The number of nitrogens with zero attached hydrogens (tertiary/aromatic N) is 6. The van der Waals surface area contributed by atoms with Crippen molar-refractivity contribution in [2.24, 2.45) is 13.0 Å². The highest BCUT2D eigenvalue weighted by atomic mass is 16.5. The fourth-order valence-corrected chi connectivity index (χ4v) is 3.66. The lowest BCUT2D eigenvalue weighted by molar-refractivity contribution is -0.102. The molecule has 1 amide bonds. The van der Waals surface area contributed by atoms with E-state index < -0.39 is 11.7 Å². The van der Waals surface area contributed by atoms with Gasteiger partial charge in [-0.1, -0.05) is 6.92 Å². The van der Waals surface area contributed by atoms with Gasteiger partial charge in [-0.2, -0.15) is 10.2 Å². The van der Waals surface area contributed by atoms with E-state index in [4.69, 9.17) is 9.72 Å². The zero-order valence-electron chi connectivity index (χ0n) is 15.7. The predicted octanol–water partition coefficient (Wildman–Crippen LogP) is 2.29. The maximum absolute atomic E-state index is 11.2. The molecule has 1 fully saturated rings. The Morgan fingerprint density at radius 3 is 2.81 bits per heavy atom. The molecule has 1 N–H and O–H groups in total. The van der Waals surface area contributed by atoms with Crippen LogP contribution in [0, 0.1) is 5.92 Å². The first-order chi connectivity index (χ1) is 12.8. The molecule has 1 aliphatic rings. The highest BCUT2D eigenvalue weighted by Crippen LogP contribution is 2.44. The molecule has 0 radical (unpaired) electrons. The second-order valence-corrected chi connectivity index (χ2v) is 7.36. The molecule has 27 heavy (non-hydrogen) atoms. The molecule has 0 bridgehead atoms. The van der Waals surface area contributed by atoms with Crippen molar-refractivity contribution in [3.8, 4) is 17.1 Å². The van der Waals surface area contributed by atoms with E-state index in [9.17, 15) is 9.90 Å². The lowest BCUT2D eigenvalue weighted by Crippen LogP contribution is -2.63. The molecular formula is C18H22N6O3. The van der Waals surface area contributed by atoms with Crippen molar-refractivity contribution in [2.75, 3.05) is 7.05 Å². The molecule has 0 aromatic carbocycles. The fourth-order valence-electron chi connectivity index (χ4n) is 3.66. The van der Waals surface area contributed by atoms with Crippen molar-refractivity contribution in [1.29, 1.82) is 0 Å². The summed E-state index contributed by atoms with van der Waals surface area (Å²) in [7, 11) is 3.45. The van der Waals surface area contributed by atoms with Crippen LogP contribution in [0.15, 0.2) is 30.9 Å². The Morgan fingerprint density at radius 1 is 1.41 bits per heavy atom. The average Bonchev–Trinajstić information content (AvgIpc) is 3.27. The van der Waals surface area contributed by atoms with Gasteiger partial charge in [0.05, 0.1) is 24.3 Å². The van der Waals surface area contributed by atoms with Crippen molar-refractivity contribution in [2.45, 2.75) is 31.9 Å². The Hall–Kier alpha value is -3.10. The topological polar surface area (TPSA) is 97.8 Å². The molecule has 3 aromatic rings. The Labute approximate surface area is 156 Å². The molecule has 0 spiro atoms. The van der Waals surface area contributed by atoms with Crippen LogP contribution >= 0.6 is 0 Å². The third-order valence-electron chi connectivity index (χ3n) is 5.64. The normalized spacial score (nSPS) is 24.6. The van der Waals surface area contributed by atoms with Gasteiger partial charge in [0.25, 0.3) is 0 Å². The van der Waals surface area contributed by atoms with Gasteiger partial charge in [-0.25, -0.2) is 14.3 Å². The van der Waals surface area contributed by atoms with E-state index in [0.717, 1.165) is 11.1 Å². The third-order valence-corrected chi connectivity index (χ3v) is 5.64. The Bertz CT molecular complexity index is 1010. The van der Waals surface area contributed by atoms with E-state index in [-0.39, 0.29) is 12.0 Å². The van der Waals surface area contributed by atoms with Crippen LogP contribution in [-0.2, 0) is 7.05 Å². The molecule has 4 rings (SSSR count). The largest absolute Gasteiger partial charge is 0.469 e. The van der Waals surface area contributed by atoms with E-state index in [0.29, 0.717) is 18.0 Å². The molecule has 9 heteroatoms. The predicted molar refractivity (Wildman–Crippen MR) is 97.6 cm³/mol. The van der Waals surface area contributed by atoms with Crippen LogP contribution in [-0.4, -0.2) is 59.2 Å². The monoisotopic (exact) mass is 370 g/mol. The lowest BCUT2D eigenvalue weighted by atomic mass is 9.66. The van der Waals surface area contributed by atoms with Crippen LogP contribution < -0.4 is 4.74 Å². The van der Waals surface area contributed by atoms with Crippen molar-refractivity contribution >= 4 is 11.6 Å². The Morgan fingerprint density at radius 2 is 2.19 bits per heavy atom. The van der Waals surface area contributed by atoms with Crippen LogP contribution in [0.4, 0.5) is 4.79 Å². The third kappa shape index (κ3) is 2.79. The van der Waals surface area contributed by atoms with E-state index >= 15 is 0 Å². The molecule has 142 valence electrons. The average molecular weight is 370 g/mol. The van der Waals surface area contributed by atoms with Gasteiger partial charge in [0.1, 0.15) is 11.1 Å². The number of carbonyl (C=O) groups is 1. The van der Waals surface area contributed by atoms with E-state index in [1.807, 2.05) is 39.4 Å². The SMILES string of the molecule is C[C@@H]1[C@H](N(C)C(=O)O)C[C@@]1(C)Oc1nc(-c2cnn(C)c2)cn2nccc12. The van der Waals surface area contributed by atoms with Crippen molar-refractivity contribution in [1.82, 2.24) is 29.3 Å². The number of carboxylic acid groups (broad SMARTS) is 1. The number of hydrogen-bond acceptors (Lipinski definition) is 5. The molecule has 0 unspecified atom stereocenters. The first-order valence-corrected chi connectivity index (χ1v) is 8.77. The van der Waals surface area contributed by atoms with Gasteiger partial charge in [-0.15, -0.1) is 0 Å². The maximum atomic E-state index is 11.2. The van der Waals surface area contributed by atoms with Gasteiger partial charge in [0.2, 0.25) is 5.88 Å². The minimum absolute atomic E-state index is 0.0328. The van der Waals surface area contributed by atoms with Crippen LogP contribution in [0.5, 0.6) is 5.88 Å². The molecule has 0 aliphatic heterocycles. The number of fused-ring (bicyclic) bond motifs is 1. The Balaban J connectivity index is 1.66. The zero-order valence-corrected chi connectivity index (χ0v) is 15.7. The number of hydrogen-bond donors (Lipinski definition) is 1. The van der Waals surface area contributed by atoms with E-state index in [1.54, 1.807) is 28.6 Å². The summed E-state index contributed by atoms with van der Waals surface area (Å²) in [6, 6.07) is 1.78. The quantitative estimate of drug-likeness (QED) is 0.757. The van der Waals surface area contributed by atoms with E-state index in [1.165, 1.54) is 4.90 Å². The summed E-state index contributed by atoms with van der Waals surface area (Å²) in [5.41, 5.74) is 1.85. The van der Waals surface area contributed by atoms with Gasteiger partial charge in [0.15, 0.2) is 0 Å². The van der Waals surface area contributed by atoms with Gasteiger partial charge in [0, 0.05) is 44.2 Å². The molecule has 3 aromatic heterocycles. The summed E-state index contributed by atoms with van der Waals surface area (Å²) in [5, 5.41) is 17.7. The second-order valence-electron chi connectivity index (χ2n) is 7.36. The highest BCUT2D eigenvalue weighted by Gasteiger charge is 2.53. The lowest BCUT2D eigenvalue weighted by Gasteiger charge is -2.53. The van der Waals surface area contributed by atoms with E-state index in [2.05, 4.69) is 10.2 Å². The minimum atomic E-state index is -0.927. The number of amides is 1. The van der Waals surface area contributed by atoms with Gasteiger partial charge in [-0.05, 0) is 13.0 Å². The summed E-state index contributed by atoms with van der Waals surface area (Å²) in [6.45, 7) is 4.00. The maximum Gasteiger partial charge on any atom is 0.407 e. The summed E-state index contributed by atoms with van der Waals surface area (Å²) in [5.74, 6) is 0.519. The van der Waals surface area contributed by atoms with Gasteiger partial charge in [-0.3, -0.25) is 4.68 Å². The summed E-state index contributed by atoms with van der Waals surface area (Å²) < 4.78 is 9.78. The summed E-state index contributed by atoms with van der Waals surface area (Å²) in [6.07, 6.45) is 6.84. The minimum Gasteiger partial charge on any atom is -0.469 e. The molecule has 1 saturated carbocycles. The molecule has 0 saturated heterocycles. The van der Waals surface area contributed by atoms with Crippen molar-refractivity contribution < 1.29 is 14.6 Å². The standard InChI is InChI=1S/C18H22N6O3/c1-11-15(23(4)17(25)26)7-18(11,2)27-16-14-5-6-19-24(14)10-13(21-16)12-8-20-22(3)9-12/h5-6,8-11,15H,7H2,1-4H3,(H,25,26)/t11-,15-,18-/m1/s1. The van der Waals surface area contributed by atoms with Crippen LogP contribution in [0.3, 0.4) is 0 Å². The summed E-state index contributed by atoms with van der Waals surface area (Å²) >= 11 is 0. The molecule has 1 aliphatic carbocycles. The van der Waals surface area contributed by atoms with Gasteiger partial charge >= 0.3 is 6.09 Å². The van der Waals surface area contributed by atoms with Crippen molar-refractivity contribution in [3.05, 3.63) is 30.9 Å². The summed E-state index contributed by atoms with van der Waals surface area (Å²) in [4.78, 5) is 17.3. The van der Waals surface area contributed by atoms with Crippen LogP contribution in [0.25, 0.3) is 16.8 Å². The first kappa shape index (κ1) is 17.3. The zero-order chi connectivity index (χ0) is 19.3. The van der Waals surface area contributed by atoms with Crippen LogP contribution in [0.2, 0.25) is 0 Å². The van der Waals surface area contributed by atoms with Crippen molar-refractivity contribution in [3.63, 3.8) is 0 Å². The number of aromatic nitrogens is 5. The Kier molecular flexibility index (Phi) is 3.83. The second kappa shape index (κ2) is 5.97. The number of rotatable bonds is 4. The molecule has 9 nitrogen and oxygen atoms in total. The highest BCUT2D eigenvalue weighted by molar-refractivity contribution is 5.66. The number of ether oxygens (including phenoxy) is 1. The fraction of sp³-hybridized carbons (Fsp3) is 0.444. The number of aryl methyl sites for hydroxylation is 1. The van der Waals surface area contributed by atoms with Gasteiger partial charge < -0.3 is 14.7 Å². The molecule has 3 atom stereocenters. The first-order valence-electron chi connectivity index (χ1n) is 8.77. The molecular weight excluding hydrogens is 348 g/mol. The van der Waals surface area contributed by atoms with Crippen LogP contribution in [0.1, 0.15) is 20.3 Å². The molecule has 3 heterocycles.